The predicted molar refractivity (Wildman–Crippen MR) is 168 cm³/mol. The van der Waals surface area contributed by atoms with E-state index in [4.69, 9.17) is 9.47 Å². The van der Waals surface area contributed by atoms with Crippen LogP contribution in [0, 0.1) is 0 Å². The molecule has 0 saturated heterocycles. The minimum atomic E-state index is -0.223. The summed E-state index contributed by atoms with van der Waals surface area (Å²) in [6.07, 6.45) is 1.90. The first kappa shape index (κ1) is 32.9. The van der Waals surface area contributed by atoms with Crippen molar-refractivity contribution in [3.63, 3.8) is 0 Å². The van der Waals surface area contributed by atoms with Gasteiger partial charge in [0.25, 0.3) is 0 Å². The molecule has 8 nitrogen and oxygen atoms in total. The molecule has 38 heavy (non-hydrogen) atoms. The Kier molecular flexibility index (Phi) is 17.8. The number of hydrogen-bond donors (Lipinski definition) is 1. The zero-order valence-electron chi connectivity index (χ0n) is 22.2. The van der Waals surface area contributed by atoms with Crippen LogP contribution in [0.5, 0.6) is 0 Å². The third kappa shape index (κ3) is 15.9. The monoisotopic (exact) mass is 750 g/mol. The van der Waals surface area contributed by atoms with Gasteiger partial charge >= 0.3 is 11.9 Å². The van der Waals surface area contributed by atoms with Crippen LogP contribution < -0.4 is 5.32 Å². The Morgan fingerprint density at radius 3 is 1.84 bits per heavy atom. The summed E-state index contributed by atoms with van der Waals surface area (Å²) in [6.45, 7) is 9.29. The molecule has 2 aromatic rings. The van der Waals surface area contributed by atoms with Crippen molar-refractivity contribution in [1.29, 1.82) is 0 Å². The number of halogens is 2. The molecule has 0 heterocycles. The first-order valence-electron chi connectivity index (χ1n) is 13.1. The summed E-state index contributed by atoms with van der Waals surface area (Å²) < 4.78 is 15.0. The van der Waals surface area contributed by atoms with E-state index in [-0.39, 0.29) is 25.0 Å². The van der Waals surface area contributed by atoms with Crippen molar-refractivity contribution in [3.8, 4) is 0 Å². The number of nitrogens with one attached hydrogen (secondary N) is 1. The molecular weight excluding hydrogens is 710 g/mol. The molecule has 1 N–H and O–H groups in total. The van der Waals surface area contributed by atoms with E-state index in [0.717, 1.165) is 69.8 Å². The molecule has 0 aliphatic heterocycles. The Morgan fingerprint density at radius 1 is 0.711 bits per heavy atom. The van der Waals surface area contributed by atoms with Crippen molar-refractivity contribution in [2.45, 2.75) is 33.0 Å². The van der Waals surface area contributed by atoms with E-state index in [1.165, 1.54) is 0 Å². The topological polar surface area (TPSA) is 74.4 Å². The van der Waals surface area contributed by atoms with Gasteiger partial charge in [0.2, 0.25) is 0 Å². The highest BCUT2D eigenvalue weighted by Gasteiger charge is 2.13. The number of nitrogens with zero attached hydrogens (tertiary/aromatic N) is 3. The van der Waals surface area contributed by atoms with Gasteiger partial charge in [0.05, 0.1) is 6.54 Å². The van der Waals surface area contributed by atoms with Crippen LogP contribution in [0.4, 0.5) is 0 Å². The van der Waals surface area contributed by atoms with Crippen molar-refractivity contribution in [2.75, 3.05) is 58.9 Å². The lowest BCUT2D eigenvalue weighted by molar-refractivity contribution is -0.146. The fraction of sp³-hybridized carbons (Fsp3) is 0.500. The molecular formula is C28H40I2N4O4. The van der Waals surface area contributed by atoms with Crippen LogP contribution in [-0.2, 0) is 32.3 Å². The summed E-state index contributed by atoms with van der Waals surface area (Å²) in [6, 6.07) is 19.4. The maximum atomic E-state index is 12.5. The lowest BCUT2D eigenvalue weighted by atomic mass is 10.2. The molecule has 0 spiro atoms. The highest BCUT2D eigenvalue weighted by atomic mass is 127. The van der Waals surface area contributed by atoms with Crippen LogP contribution in [0.2, 0.25) is 0 Å². The second-order valence-corrected chi connectivity index (χ2v) is 11.6. The molecule has 0 aliphatic rings. The van der Waals surface area contributed by atoms with Crippen LogP contribution in [0.1, 0.15) is 30.9 Å². The Bertz CT molecular complexity index is 908. The molecule has 0 radical (unpaired) electrons. The molecule has 2 rings (SSSR count). The number of carbonyl (C=O) groups is 2. The second kappa shape index (κ2) is 20.6. The highest BCUT2D eigenvalue weighted by molar-refractivity contribution is 14.1. The Morgan fingerprint density at radius 2 is 1.26 bits per heavy atom. The third-order valence-corrected chi connectivity index (χ3v) is 7.70. The molecule has 0 amide bonds. The van der Waals surface area contributed by atoms with Gasteiger partial charge in [-0.25, -0.2) is 6.23 Å². The predicted octanol–water partition coefficient (Wildman–Crippen LogP) is 4.47. The maximum Gasteiger partial charge on any atom is 0.321 e. The Hall–Kier alpha value is -1.32. The molecule has 0 atom stereocenters. The van der Waals surface area contributed by atoms with Crippen LogP contribution >= 0.6 is 45.7 Å². The standard InChI is InChI=1S/C28H40I2N4O4/c1-2-33(29)19-10-17-32(21-27(35)37-23-25-11-5-3-6-12-25)20-16-31-15-9-18-34(30)22-28(36)38-24-26-13-7-4-8-14-26/h3-8,11-14,31H,2,9-10,15-24H2,1H3. The normalized spacial score (nSPS) is 11.3. The van der Waals surface area contributed by atoms with Crippen LogP contribution in [-0.4, -0.2) is 82.0 Å². The minimum Gasteiger partial charge on any atom is -0.460 e. The molecule has 0 aromatic heterocycles. The molecule has 0 fully saturated rings. The first-order valence-corrected chi connectivity index (χ1v) is 15.0. The molecule has 0 bridgehead atoms. The summed E-state index contributed by atoms with van der Waals surface area (Å²) in [5.41, 5.74) is 1.98. The van der Waals surface area contributed by atoms with E-state index in [2.05, 4.69) is 66.0 Å². The summed E-state index contributed by atoms with van der Waals surface area (Å²) in [4.78, 5) is 26.7. The van der Waals surface area contributed by atoms with E-state index in [9.17, 15) is 9.59 Å². The summed E-state index contributed by atoms with van der Waals surface area (Å²) in [7, 11) is 0. The van der Waals surface area contributed by atoms with Crippen LogP contribution in [0.15, 0.2) is 60.7 Å². The van der Waals surface area contributed by atoms with Crippen molar-refractivity contribution in [3.05, 3.63) is 71.8 Å². The van der Waals surface area contributed by atoms with Gasteiger partial charge in [0.1, 0.15) is 19.8 Å². The zero-order valence-corrected chi connectivity index (χ0v) is 26.5. The summed E-state index contributed by atoms with van der Waals surface area (Å²) in [5.74, 6) is -0.422. The van der Waals surface area contributed by atoms with Gasteiger partial charge in [-0.1, -0.05) is 67.6 Å². The van der Waals surface area contributed by atoms with E-state index >= 15 is 0 Å². The van der Waals surface area contributed by atoms with Crippen molar-refractivity contribution in [2.24, 2.45) is 0 Å². The van der Waals surface area contributed by atoms with E-state index in [1.54, 1.807) is 0 Å². The van der Waals surface area contributed by atoms with Gasteiger partial charge in [-0.3, -0.25) is 14.5 Å². The molecule has 2 aromatic carbocycles. The van der Waals surface area contributed by atoms with Gasteiger partial charge in [-0.2, -0.15) is 0 Å². The summed E-state index contributed by atoms with van der Waals surface area (Å²) >= 11 is 4.51. The van der Waals surface area contributed by atoms with E-state index in [0.29, 0.717) is 13.2 Å². The average molecular weight is 750 g/mol. The molecule has 210 valence electrons. The lowest BCUT2D eigenvalue weighted by Crippen LogP contribution is -2.38. The SMILES string of the molecule is CCN(I)CCCN(CCNCCCN(I)CC(=O)OCc1ccccc1)CC(=O)OCc1ccccc1. The Labute approximate surface area is 255 Å². The Balaban J connectivity index is 1.62. The molecule has 10 heteroatoms. The summed E-state index contributed by atoms with van der Waals surface area (Å²) in [5, 5.41) is 3.46. The third-order valence-electron chi connectivity index (χ3n) is 5.72. The smallest absolute Gasteiger partial charge is 0.321 e. The van der Waals surface area contributed by atoms with Gasteiger partial charge in [0.15, 0.2) is 0 Å². The number of hydrogen-bond acceptors (Lipinski definition) is 8. The van der Waals surface area contributed by atoms with Gasteiger partial charge in [0, 0.05) is 85.0 Å². The molecule has 0 unspecified atom stereocenters. The fourth-order valence-electron chi connectivity index (χ4n) is 3.60. The quantitative estimate of drug-likeness (QED) is 0.0922. The van der Waals surface area contributed by atoms with Crippen molar-refractivity contribution < 1.29 is 19.1 Å². The number of esters is 2. The van der Waals surface area contributed by atoms with Crippen LogP contribution in [0.3, 0.4) is 0 Å². The maximum absolute atomic E-state index is 12.5. The van der Waals surface area contributed by atoms with Crippen LogP contribution in [0.25, 0.3) is 0 Å². The van der Waals surface area contributed by atoms with Crippen molar-refractivity contribution >= 4 is 57.7 Å². The zero-order chi connectivity index (χ0) is 27.4. The average Bonchev–Trinajstić information content (AvgIpc) is 2.93. The number of ether oxygens (including phenoxy) is 2. The highest BCUT2D eigenvalue weighted by Crippen LogP contribution is 2.05. The van der Waals surface area contributed by atoms with Gasteiger partial charge in [-0.15, -0.1) is 0 Å². The van der Waals surface area contributed by atoms with E-state index < -0.39 is 0 Å². The van der Waals surface area contributed by atoms with Gasteiger partial charge in [-0.05, 0) is 30.5 Å². The lowest BCUT2D eigenvalue weighted by Gasteiger charge is -2.23. The minimum absolute atomic E-state index is 0.199. The largest absolute Gasteiger partial charge is 0.460 e. The second-order valence-electron chi connectivity index (χ2n) is 8.87. The van der Waals surface area contributed by atoms with E-state index in [1.807, 2.05) is 63.8 Å². The number of benzene rings is 2. The first-order chi connectivity index (χ1) is 18.5. The molecule has 0 saturated carbocycles. The van der Waals surface area contributed by atoms with Crippen molar-refractivity contribution in [1.82, 2.24) is 16.4 Å². The number of carbonyl (C=O) groups excluding carboxylic acids is 2. The number of rotatable bonds is 20. The van der Waals surface area contributed by atoms with Gasteiger partial charge < -0.3 is 14.8 Å². The molecule has 0 aliphatic carbocycles. The fourth-order valence-corrected chi connectivity index (χ4v) is 4.56.